The van der Waals surface area contributed by atoms with Gasteiger partial charge in [-0.15, -0.1) is 0 Å². The molecule has 1 saturated heterocycles. The number of aliphatic hydroxyl groups is 1. The summed E-state index contributed by atoms with van der Waals surface area (Å²) in [5, 5.41) is 21.6. The molecular weight excluding hydrogens is 422 g/mol. The molecule has 2 heterocycles. The molecule has 1 atom stereocenters. The highest BCUT2D eigenvalue weighted by Gasteiger charge is 2.49. The van der Waals surface area contributed by atoms with Gasteiger partial charge in [-0.1, -0.05) is 19.1 Å². The average Bonchev–Trinajstić information content (AvgIpc) is 3.34. The minimum atomic E-state index is -1.04. The summed E-state index contributed by atoms with van der Waals surface area (Å²) in [6, 6.07) is 13.6. The lowest BCUT2D eigenvalue weighted by atomic mass is 9.98. The zero-order valence-electron chi connectivity index (χ0n) is 18.7. The molecular formula is C26H25NO6. The van der Waals surface area contributed by atoms with E-state index >= 15 is 0 Å². The van der Waals surface area contributed by atoms with Crippen molar-refractivity contribution in [3.8, 4) is 11.5 Å². The third-order valence-electron chi connectivity index (χ3n) is 5.53. The molecule has 0 saturated carbocycles. The number of aryl methyl sites for hydroxylation is 2. The molecule has 7 nitrogen and oxygen atoms in total. The van der Waals surface area contributed by atoms with E-state index in [1.807, 2.05) is 13.8 Å². The lowest BCUT2D eigenvalue weighted by molar-refractivity contribution is -0.132. The van der Waals surface area contributed by atoms with E-state index in [2.05, 4.69) is 0 Å². The Bertz CT molecular complexity index is 1260. The third kappa shape index (κ3) is 3.98. The van der Waals surface area contributed by atoms with Gasteiger partial charge in [-0.3, -0.25) is 14.5 Å². The minimum Gasteiger partial charge on any atom is -0.507 e. The molecule has 4 rings (SSSR count). The number of Topliss-reactive ketones (excluding diaryl/α,β-unsaturated/α-hetero) is 1. The molecule has 33 heavy (non-hydrogen) atoms. The van der Waals surface area contributed by atoms with E-state index < -0.39 is 17.7 Å². The summed E-state index contributed by atoms with van der Waals surface area (Å²) in [6.07, 6.45) is 0.861. The summed E-state index contributed by atoms with van der Waals surface area (Å²) in [5.41, 5.74) is 1.20. The van der Waals surface area contributed by atoms with Crippen LogP contribution in [0.2, 0.25) is 0 Å². The summed E-state index contributed by atoms with van der Waals surface area (Å²) >= 11 is 0. The Morgan fingerprint density at radius 2 is 1.85 bits per heavy atom. The monoisotopic (exact) mass is 447 g/mol. The minimum absolute atomic E-state index is 0.112. The SMILES string of the molecule is CCCOc1ccc(/C(O)=C2/C(=O)C(=O)N(c3ccccc3O)C2c2ccc(C)o2)cc1C. The van der Waals surface area contributed by atoms with Crippen LogP contribution >= 0.6 is 0 Å². The van der Waals surface area contributed by atoms with E-state index in [-0.39, 0.29) is 22.8 Å². The van der Waals surface area contributed by atoms with E-state index in [0.29, 0.717) is 29.4 Å². The number of aromatic hydroxyl groups is 1. The second kappa shape index (κ2) is 8.86. The van der Waals surface area contributed by atoms with Gasteiger partial charge in [0, 0.05) is 5.56 Å². The molecule has 2 N–H and O–H groups in total. The summed E-state index contributed by atoms with van der Waals surface area (Å²) in [7, 11) is 0. The average molecular weight is 447 g/mol. The Labute approximate surface area is 191 Å². The van der Waals surface area contributed by atoms with Gasteiger partial charge in [0.2, 0.25) is 0 Å². The number of furan rings is 1. The molecule has 1 aliphatic heterocycles. The molecule has 1 aliphatic rings. The smallest absolute Gasteiger partial charge is 0.300 e. The van der Waals surface area contributed by atoms with Crippen LogP contribution < -0.4 is 9.64 Å². The maximum atomic E-state index is 13.1. The zero-order valence-corrected chi connectivity index (χ0v) is 18.7. The number of hydrogen-bond donors (Lipinski definition) is 2. The highest BCUT2D eigenvalue weighted by Crippen LogP contribution is 2.45. The van der Waals surface area contributed by atoms with Crippen molar-refractivity contribution in [2.75, 3.05) is 11.5 Å². The lowest BCUT2D eigenvalue weighted by Crippen LogP contribution is -2.29. The zero-order chi connectivity index (χ0) is 23.7. The normalized spacial score (nSPS) is 17.5. The first-order chi connectivity index (χ1) is 15.8. The highest BCUT2D eigenvalue weighted by molar-refractivity contribution is 6.51. The number of nitrogens with zero attached hydrogens (tertiary/aromatic N) is 1. The van der Waals surface area contributed by atoms with Crippen LogP contribution in [0.4, 0.5) is 5.69 Å². The van der Waals surface area contributed by atoms with Crippen LogP contribution in [0.5, 0.6) is 11.5 Å². The van der Waals surface area contributed by atoms with Crippen LogP contribution in [0, 0.1) is 13.8 Å². The second-order valence-corrected chi connectivity index (χ2v) is 7.93. The van der Waals surface area contributed by atoms with Crippen molar-refractivity contribution in [1.29, 1.82) is 0 Å². The number of anilines is 1. The maximum absolute atomic E-state index is 13.1. The van der Waals surface area contributed by atoms with Crippen molar-refractivity contribution in [1.82, 2.24) is 0 Å². The van der Waals surface area contributed by atoms with Gasteiger partial charge >= 0.3 is 0 Å². The number of para-hydroxylation sites is 2. The van der Waals surface area contributed by atoms with Crippen molar-refractivity contribution in [2.45, 2.75) is 33.2 Å². The third-order valence-corrected chi connectivity index (χ3v) is 5.53. The van der Waals surface area contributed by atoms with Crippen LogP contribution in [0.25, 0.3) is 5.76 Å². The van der Waals surface area contributed by atoms with Gasteiger partial charge in [-0.2, -0.15) is 0 Å². The number of ketones is 1. The van der Waals surface area contributed by atoms with Gasteiger partial charge in [0.25, 0.3) is 11.7 Å². The Balaban J connectivity index is 1.88. The number of ether oxygens (including phenoxy) is 1. The number of rotatable bonds is 6. The second-order valence-electron chi connectivity index (χ2n) is 7.93. The fraction of sp³-hybridized carbons (Fsp3) is 0.231. The number of carbonyl (C=O) groups excluding carboxylic acids is 2. The van der Waals surface area contributed by atoms with E-state index in [1.54, 1.807) is 49.4 Å². The van der Waals surface area contributed by atoms with Gasteiger partial charge < -0.3 is 19.4 Å². The summed E-state index contributed by atoms with van der Waals surface area (Å²) < 4.78 is 11.5. The fourth-order valence-corrected chi connectivity index (χ4v) is 3.94. The van der Waals surface area contributed by atoms with Gasteiger partial charge in [0.05, 0.1) is 17.9 Å². The van der Waals surface area contributed by atoms with Crippen molar-refractivity contribution < 1.29 is 29.0 Å². The molecule has 1 aromatic heterocycles. The molecule has 0 spiro atoms. The van der Waals surface area contributed by atoms with Crippen LogP contribution in [0.3, 0.4) is 0 Å². The van der Waals surface area contributed by atoms with Gasteiger partial charge in [0.15, 0.2) is 0 Å². The largest absolute Gasteiger partial charge is 0.507 e. The fourth-order valence-electron chi connectivity index (χ4n) is 3.94. The molecule has 1 amide bonds. The summed E-state index contributed by atoms with van der Waals surface area (Å²) in [4.78, 5) is 27.4. The molecule has 0 bridgehead atoms. The molecule has 7 heteroatoms. The Morgan fingerprint density at radius 3 is 2.48 bits per heavy atom. The number of benzene rings is 2. The molecule has 3 aromatic rings. The Hall–Kier alpha value is -4.00. The number of phenols is 1. The Morgan fingerprint density at radius 1 is 1.09 bits per heavy atom. The lowest BCUT2D eigenvalue weighted by Gasteiger charge is -2.24. The van der Waals surface area contributed by atoms with Crippen molar-refractivity contribution in [3.63, 3.8) is 0 Å². The van der Waals surface area contributed by atoms with E-state index in [1.165, 1.54) is 12.1 Å². The first-order valence-corrected chi connectivity index (χ1v) is 10.7. The summed E-state index contributed by atoms with van der Waals surface area (Å²) in [5.74, 6) is -0.648. The Kier molecular flexibility index (Phi) is 5.96. The first kappa shape index (κ1) is 22.2. The quantitative estimate of drug-likeness (QED) is 0.313. The van der Waals surface area contributed by atoms with Gasteiger partial charge in [-0.25, -0.2) is 0 Å². The van der Waals surface area contributed by atoms with E-state index in [4.69, 9.17) is 9.15 Å². The molecule has 170 valence electrons. The van der Waals surface area contributed by atoms with Crippen LogP contribution in [0.15, 0.2) is 64.6 Å². The predicted molar refractivity (Wildman–Crippen MR) is 123 cm³/mol. The van der Waals surface area contributed by atoms with Crippen molar-refractivity contribution >= 4 is 23.1 Å². The highest BCUT2D eigenvalue weighted by atomic mass is 16.5. The summed E-state index contributed by atoms with van der Waals surface area (Å²) in [6.45, 7) is 6.16. The number of carbonyl (C=O) groups is 2. The predicted octanol–water partition coefficient (Wildman–Crippen LogP) is 5.02. The number of phenolic OH excluding ortho intramolecular Hbond substituents is 1. The van der Waals surface area contributed by atoms with Crippen LogP contribution in [-0.2, 0) is 9.59 Å². The van der Waals surface area contributed by atoms with Gasteiger partial charge in [-0.05, 0) is 68.3 Å². The molecule has 0 radical (unpaired) electrons. The van der Waals surface area contributed by atoms with Crippen LogP contribution in [-0.4, -0.2) is 28.5 Å². The standard InChI is InChI=1S/C26H25NO6/c1-4-13-32-20-12-10-17(14-15(20)2)24(29)22-23(21-11-9-16(3)33-21)27(26(31)25(22)30)18-7-5-6-8-19(18)28/h5-12,14,23,28-29H,4,13H2,1-3H3/b24-22-. The molecule has 0 aliphatic carbocycles. The van der Waals surface area contributed by atoms with E-state index in [9.17, 15) is 19.8 Å². The topological polar surface area (TPSA) is 100 Å². The first-order valence-electron chi connectivity index (χ1n) is 10.7. The number of amides is 1. The molecule has 1 unspecified atom stereocenters. The number of aliphatic hydroxyl groups excluding tert-OH is 1. The van der Waals surface area contributed by atoms with Crippen LogP contribution in [0.1, 0.15) is 42.0 Å². The number of hydrogen-bond acceptors (Lipinski definition) is 6. The van der Waals surface area contributed by atoms with E-state index in [0.717, 1.165) is 16.9 Å². The molecule has 1 fully saturated rings. The van der Waals surface area contributed by atoms with Gasteiger partial charge in [0.1, 0.15) is 34.8 Å². The maximum Gasteiger partial charge on any atom is 0.300 e. The van der Waals surface area contributed by atoms with Crippen molar-refractivity contribution in [3.05, 3.63) is 82.8 Å². The molecule has 2 aromatic carbocycles. The van der Waals surface area contributed by atoms with Crippen molar-refractivity contribution in [2.24, 2.45) is 0 Å².